The van der Waals surface area contributed by atoms with Gasteiger partial charge in [0, 0.05) is 61.8 Å². The second-order valence-corrected chi connectivity index (χ2v) is 25.5. The molecule has 0 spiro atoms. The number of likely N-dealkylation sites (N-methyl/N-ethyl adjacent to an activating group) is 6. The number of benzene rings is 1. The highest BCUT2D eigenvalue weighted by Crippen LogP contribution is 2.22. The predicted octanol–water partition coefficient (Wildman–Crippen LogP) is 1.55. The molecule has 478 valence electrons. The summed E-state index contributed by atoms with van der Waals surface area (Å²) >= 11 is 0. The number of aliphatic hydroxyl groups excluding tert-OH is 1. The van der Waals surface area contributed by atoms with E-state index in [-0.39, 0.29) is 50.0 Å². The van der Waals surface area contributed by atoms with Crippen LogP contribution in [0.15, 0.2) is 30.3 Å². The fourth-order valence-electron chi connectivity index (χ4n) is 10.4. The fraction of sp³-hybridized carbons (Fsp3) is 0.721. The molecule has 0 radical (unpaired) electrons. The Morgan fingerprint density at radius 3 is 1.58 bits per heavy atom. The third kappa shape index (κ3) is 21.3. The molecule has 85 heavy (non-hydrogen) atoms. The van der Waals surface area contributed by atoms with Gasteiger partial charge in [0.15, 0.2) is 0 Å². The van der Waals surface area contributed by atoms with Crippen molar-refractivity contribution >= 4 is 65.0 Å². The molecule has 2 saturated heterocycles. The summed E-state index contributed by atoms with van der Waals surface area (Å²) < 4.78 is 6.09. The first-order valence-electron chi connectivity index (χ1n) is 29.9. The van der Waals surface area contributed by atoms with E-state index >= 15 is 0 Å². The lowest BCUT2D eigenvalue weighted by Gasteiger charge is -2.38. The lowest BCUT2D eigenvalue weighted by molar-refractivity contribution is -0.152. The molecule has 10 atom stereocenters. The molecule has 0 saturated carbocycles. The number of carbonyl (C=O) groups is 11. The van der Waals surface area contributed by atoms with Crippen LogP contribution in [0.2, 0.25) is 0 Å². The second kappa shape index (κ2) is 32.7. The van der Waals surface area contributed by atoms with E-state index in [1.807, 2.05) is 41.5 Å². The van der Waals surface area contributed by atoms with Crippen molar-refractivity contribution in [1.82, 2.24) is 55.6 Å². The molecule has 1 aromatic carbocycles. The number of nitrogens with zero attached hydrogens (tertiary/aromatic N) is 7. The lowest BCUT2D eigenvalue weighted by Crippen LogP contribution is -2.61. The van der Waals surface area contributed by atoms with Crippen LogP contribution in [0.1, 0.15) is 134 Å². The molecule has 2 fully saturated rings. The Balaban J connectivity index is 2.28. The van der Waals surface area contributed by atoms with Gasteiger partial charge in [0.25, 0.3) is 0 Å². The summed E-state index contributed by atoms with van der Waals surface area (Å²) in [7, 11) is 8.23. The van der Waals surface area contributed by atoms with Gasteiger partial charge in [-0.2, -0.15) is 0 Å². The van der Waals surface area contributed by atoms with Crippen molar-refractivity contribution in [2.75, 3.05) is 68.5 Å². The molecule has 5 N–H and O–H groups in total. The molecule has 1 aromatic rings. The molecular formula is C61H101N11O13. The molecule has 11 amide bonds. The van der Waals surface area contributed by atoms with E-state index < -0.39 is 144 Å². The molecule has 24 nitrogen and oxygen atoms in total. The van der Waals surface area contributed by atoms with Crippen LogP contribution in [0, 0.1) is 17.8 Å². The first-order valence-corrected chi connectivity index (χ1v) is 29.9. The first-order chi connectivity index (χ1) is 39.5. The van der Waals surface area contributed by atoms with Gasteiger partial charge in [-0.3, -0.25) is 52.7 Å². The summed E-state index contributed by atoms with van der Waals surface area (Å²) in [6.07, 6.45) is 0.346. The molecule has 0 aliphatic carbocycles. The number of hydrogen-bond acceptors (Lipinski definition) is 13. The van der Waals surface area contributed by atoms with Crippen LogP contribution in [0.5, 0.6) is 0 Å². The zero-order valence-corrected chi connectivity index (χ0v) is 53.9. The standard InChI is InChI=1S/C61H101N11O13/c1-36(2)29-45-52(76)64-44(35-85-61(10,11)12)57(81)69(16)46(30-37(3)4)53(77)63-43(58(82)72-27-23-20-24-28-72)33-49(74)62-39(7)55(79)67(14)40(8)56(80)71(18)48(32-42-25-21-19-22-26-42)59(83)70(17)47(31-38(5)6)54(78)65-51(41(9)73)60(84)66(13)34-50(75)68(45)15/h19,21-22,25-26,36-41,43-48,51,73H,20,23-24,27-35H2,1-18H3,(H,62,74)(H,63,77)(H,64,76)(H,65,78)/t39-,40+,41-,43+,44+,45+,46+,47+,48+,51+/m1/s1. The summed E-state index contributed by atoms with van der Waals surface area (Å²) in [5, 5.41) is 21.9. The Morgan fingerprint density at radius 2 is 1.07 bits per heavy atom. The van der Waals surface area contributed by atoms with E-state index in [0.29, 0.717) is 31.5 Å². The number of nitrogens with one attached hydrogen (secondary N) is 4. The van der Waals surface area contributed by atoms with Gasteiger partial charge in [0.05, 0.1) is 31.3 Å². The van der Waals surface area contributed by atoms with Gasteiger partial charge in [-0.15, -0.1) is 0 Å². The molecular weight excluding hydrogens is 1090 g/mol. The van der Waals surface area contributed by atoms with Gasteiger partial charge in [0.1, 0.15) is 54.4 Å². The highest BCUT2D eigenvalue weighted by atomic mass is 16.5. The van der Waals surface area contributed by atoms with Gasteiger partial charge in [-0.1, -0.05) is 71.9 Å². The largest absolute Gasteiger partial charge is 0.391 e. The highest BCUT2D eigenvalue weighted by molar-refractivity contribution is 5.99. The van der Waals surface area contributed by atoms with Crippen LogP contribution in [0.25, 0.3) is 0 Å². The van der Waals surface area contributed by atoms with Gasteiger partial charge >= 0.3 is 0 Å². The molecule has 24 heteroatoms. The van der Waals surface area contributed by atoms with Crippen molar-refractivity contribution in [2.24, 2.45) is 17.8 Å². The summed E-state index contributed by atoms with van der Waals surface area (Å²) in [5.74, 6) is -8.62. The van der Waals surface area contributed by atoms with Crippen LogP contribution >= 0.6 is 0 Å². The monoisotopic (exact) mass is 1200 g/mol. The SMILES string of the molecule is CC(C)C[C@H]1C(=O)N[C@@H](COC(C)(C)C)C(=O)N(C)[C@@H](CC(C)C)C(=O)N[C@H](C(=O)N2CCCCC2)CC(=O)N[C@H](C)C(=O)N(C)[C@@H](C)C(=O)N(C)[C@@H](Cc2ccccc2)C(=O)N(C)[C@@H](CC(C)C)C(=O)N[C@@H]([C@@H](C)O)C(=O)N(C)CC(=O)N1C. The minimum atomic E-state index is -1.63. The van der Waals surface area contributed by atoms with E-state index in [4.69, 9.17) is 4.74 Å². The average Bonchev–Trinajstić information content (AvgIpc) is 3.65. The van der Waals surface area contributed by atoms with E-state index in [1.165, 1.54) is 77.8 Å². The fourth-order valence-corrected chi connectivity index (χ4v) is 10.4. The molecule has 0 unspecified atom stereocenters. The van der Waals surface area contributed by atoms with Gasteiger partial charge in [-0.25, -0.2) is 0 Å². The maximum Gasteiger partial charge on any atom is 0.248 e. The van der Waals surface area contributed by atoms with Crippen molar-refractivity contribution < 1.29 is 62.6 Å². The molecule has 0 aromatic heterocycles. The normalized spacial score (nSPS) is 26.2. The molecule has 0 bridgehead atoms. The zero-order chi connectivity index (χ0) is 64.5. The Labute approximate surface area is 504 Å². The van der Waals surface area contributed by atoms with Crippen LogP contribution < -0.4 is 21.3 Å². The number of aliphatic hydroxyl groups is 1. The van der Waals surface area contributed by atoms with Crippen LogP contribution in [-0.2, 0) is 63.9 Å². The van der Waals surface area contributed by atoms with Crippen molar-refractivity contribution in [3.8, 4) is 0 Å². The van der Waals surface area contributed by atoms with Gasteiger partial charge in [-0.05, 0) is 103 Å². The Kier molecular flexibility index (Phi) is 27.9. The summed E-state index contributed by atoms with van der Waals surface area (Å²) in [6, 6.07) is -3.17. The minimum Gasteiger partial charge on any atom is -0.391 e. The van der Waals surface area contributed by atoms with E-state index in [0.717, 1.165) is 21.1 Å². The zero-order valence-electron chi connectivity index (χ0n) is 53.9. The maximum atomic E-state index is 15.0. The third-order valence-electron chi connectivity index (χ3n) is 15.7. The minimum absolute atomic E-state index is 0.0221. The summed E-state index contributed by atoms with van der Waals surface area (Å²) in [5.41, 5.74) is -0.158. The van der Waals surface area contributed by atoms with Gasteiger partial charge in [0.2, 0.25) is 65.0 Å². The van der Waals surface area contributed by atoms with Crippen molar-refractivity contribution in [3.05, 3.63) is 35.9 Å². The van der Waals surface area contributed by atoms with E-state index in [9.17, 15) is 57.8 Å². The van der Waals surface area contributed by atoms with Crippen LogP contribution in [0.4, 0.5) is 0 Å². The highest BCUT2D eigenvalue weighted by Gasteiger charge is 2.42. The summed E-state index contributed by atoms with van der Waals surface area (Å²) in [6.45, 7) is 20.2. The van der Waals surface area contributed by atoms with Crippen molar-refractivity contribution in [3.63, 3.8) is 0 Å². The second-order valence-electron chi connectivity index (χ2n) is 25.5. The molecule has 2 aliphatic rings. The Bertz CT molecular complexity index is 2480. The molecule has 2 aliphatic heterocycles. The number of piperidine rings is 1. The first kappa shape index (κ1) is 72.6. The van der Waals surface area contributed by atoms with Crippen molar-refractivity contribution in [2.45, 2.75) is 201 Å². The molecule has 2 heterocycles. The summed E-state index contributed by atoms with van der Waals surface area (Å²) in [4.78, 5) is 168. The third-order valence-corrected chi connectivity index (χ3v) is 15.7. The molecule has 3 rings (SSSR count). The van der Waals surface area contributed by atoms with Gasteiger partial charge < -0.3 is 65.4 Å². The topological polar surface area (TPSA) is 288 Å². The number of ether oxygens (including phenoxy) is 1. The number of hydrogen-bond donors (Lipinski definition) is 5. The quantitative estimate of drug-likeness (QED) is 0.199. The van der Waals surface area contributed by atoms with Crippen molar-refractivity contribution in [1.29, 1.82) is 0 Å². The van der Waals surface area contributed by atoms with E-state index in [1.54, 1.807) is 56.0 Å². The number of likely N-dealkylation sites (tertiary alicyclic amines) is 1. The number of amides is 11. The number of rotatable bonds is 12. The van der Waals surface area contributed by atoms with Crippen LogP contribution in [0.3, 0.4) is 0 Å². The smallest absolute Gasteiger partial charge is 0.248 e. The maximum absolute atomic E-state index is 15.0. The lowest BCUT2D eigenvalue weighted by atomic mass is 9.98. The predicted molar refractivity (Wildman–Crippen MR) is 320 cm³/mol. The van der Waals surface area contributed by atoms with E-state index in [2.05, 4.69) is 21.3 Å². The Morgan fingerprint density at radius 1 is 0.588 bits per heavy atom. The number of carbonyl (C=O) groups excluding carboxylic acids is 11. The Hall–Kier alpha value is -6.69. The average molecular weight is 1200 g/mol. The van der Waals surface area contributed by atoms with Crippen LogP contribution in [-0.4, -0.2) is 239 Å².